The molecule has 1 amide bonds. The van der Waals surface area contributed by atoms with Gasteiger partial charge in [0.2, 0.25) is 10.0 Å². The zero-order valence-electron chi connectivity index (χ0n) is 19.2. The Labute approximate surface area is 186 Å². The van der Waals surface area contributed by atoms with Crippen molar-refractivity contribution < 1.29 is 17.9 Å². The molecule has 6 nitrogen and oxygen atoms in total. The van der Waals surface area contributed by atoms with E-state index in [2.05, 4.69) is 30.8 Å². The highest BCUT2D eigenvalue weighted by atomic mass is 32.2. The number of carbonyl (C=O) groups is 1. The first kappa shape index (κ1) is 24.9. The second-order valence-corrected chi connectivity index (χ2v) is 10.9. The minimum absolute atomic E-state index is 0.00120. The maximum atomic E-state index is 12.4. The molecule has 31 heavy (non-hydrogen) atoms. The third-order valence-corrected chi connectivity index (χ3v) is 6.19. The summed E-state index contributed by atoms with van der Waals surface area (Å²) in [7, 11) is -3.36. The molecule has 0 aromatic heterocycles. The second kappa shape index (κ2) is 10.3. The van der Waals surface area contributed by atoms with Crippen molar-refractivity contribution in [1.29, 1.82) is 0 Å². The lowest BCUT2D eigenvalue weighted by molar-refractivity contribution is -0.127. The van der Waals surface area contributed by atoms with Crippen LogP contribution in [0.1, 0.15) is 58.2 Å². The van der Waals surface area contributed by atoms with E-state index < -0.39 is 16.1 Å². The number of carbonyl (C=O) groups excluding carboxylic acids is 1. The standard InChI is InChI=1S/C24H34N2O4S/c1-17(2)26-31(28,29)16-20-12-10-19(11-13-20)15-25-23(27)18(3)30-22-9-7-8-21(14-22)24(4,5)6/h7-14,17-18,26H,15-16H2,1-6H3,(H,25,27). The lowest BCUT2D eigenvalue weighted by atomic mass is 9.87. The predicted molar refractivity (Wildman–Crippen MR) is 124 cm³/mol. The molecular formula is C24H34N2O4S. The van der Waals surface area contributed by atoms with Crippen LogP contribution in [0.2, 0.25) is 0 Å². The number of benzene rings is 2. The van der Waals surface area contributed by atoms with Crippen LogP contribution in [0.15, 0.2) is 48.5 Å². The Morgan fingerprint density at radius 1 is 1.00 bits per heavy atom. The summed E-state index contributed by atoms with van der Waals surface area (Å²) in [6.07, 6.45) is -0.637. The van der Waals surface area contributed by atoms with E-state index in [9.17, 15) is 13.2 Å². The minimum Gasteiger partial charge on any atom is -0.481 e. The van der Waals surface area contributed by atoms with Gasteiger partial charge in [0, 0.05) is 12.6 Å². The average molecular weight is 447 g/mol. The molecule has 2 aromatic carbocycles. The highest BCUT2D eigenvalue weighted by Gasteiger charge is 2.18. The van der Waals surface area contributed by atoms with Crippen LogP contribution in [0.4, 0.5) is 0 Å². The Bertz CT molecular complexity index is 977. The van der Waals surface area contributed by atoms with Crippen molar-refractivity contribution in [3.63, 3.8) is 0 Å². The number of nitrogens with one attached hydrogen (secondary N) is 2. The van der Waals surface area contributed by atoms with Crippen molar-refractivity contribution in [1.82, 2.24) is 10.0 Å². The summed E-state index contributed by atoms with van der Waals surface area (Å²) in [6.45, 7) is 12.0. The van der Waals surface area contributed by atoms with Gasteiger partial charge in [0.15, 0.2) is 6.10 Å². The first-order valence-electron chi connectivity index (χ1n) is 10.5. The second-order valence-electron chi connectivity index (χ2n) is 9.10. The van der Waals surface area contributed by atoms with Crippen LogP contribution in [0, 0.1) is 0 Å². The predicted octanol–water partition coefficient (Wildman–Crippen LogP) is 3.90. The summed E-state index contributed by atoms with van der Waals surface area (Å²) in [5, 5.41) is 2.86. The van der Waals surface area contributed by atoms with Crippen molar-refractivity contribution in [2.75, 3.05) is 0 Å². The zero-order chi connectivity index (χ0) is 23.2. The molecule has 0 saturated carbocycles. The largest absolute Gasteiger partial charge is 0.481 e. The van der Waals surface area contributed by atoms with Gasteiger partial charge in [0.25, 0.3) is 5.91 Å². The normalized spacial score (nSPS) is 13.1. The fraction of sp³-hybridized carbons (Fsp3) is 0.458. The van der Waals surface area contributed by atoms with E-state index in [0.717, 1.165) is 11.1 Å². The Hall–Kier alpha value is -2.38. The number of sulfonamides is 1. The molecule has 0 aliphatic heterocycles. The summed E-state index contributed by atoms with van der Waals surface area (Å²) in [6, 6.07) is 14.8. The van der Waals surface area contributed by atoms with Crippen LogP contribution in [0.25, 0.3) is 0 Å². The molecular weight excluding hydrogens is 412 g/mol. The third kappa shape index (κ3) is 8.34. The number of rotatable bonds is 9. The van der Waals surface area contributed by atoms with Crippen LogP contribution < -0.4 is 14.8 Å². The number of ether oxygens (including phenoxy) is 1. The Kier molecular flexibility index (Phi) is 8.26. The lowest BCUT2D eigenvalue weighted by Gasteiger charge is -2.21. The Morgan fingerprint density at radius 2 is 1.61 bits per heavy atom. The molecule has 2 N–H and O–H groups in total. The van der Waals surface area contributed by atoms with Crippen molar-refractivity contribution in [2.24, 2.45) is 0 Å². The van der Waals surface area contributed by atoms with E-state index in [1.807, 2.05) is 36.4 Å². The van der Waals surface area contributed by atoms with Gasteiger partial charge in [-0.05, 0) is 55.0 Å². The fourth-order valence-electron chi connectivity index (χ4n) is 3.00. The van der Waals surface area contributed by atoms with E-state index in [0.29, 0.717) is 17.9 Å². The van der Waals surface area contributed by atoms with Gasteiger partial charge < -0.3 is 10.1 Å². The van der Waals surface area contributed by atoms with Crippen molar-refractivity contribution in [3.8, 4) is 5.75 Å². The van der Waals surface area contributed by atoms with Crippen LogP contribution in [-0.4, -0.2) is 26.5 Å². The van der Waals surface area contributed by atoms with Gasteiger partial charge in [0.1, 0.15) is 5.75 Å². The van der Waals surface area contributed by atoms with Gasteiger partial charge >= 0.3 is 0 Å². The Balaban J connectivity index is 1.89. The molecule has 0 aliphatic rings. The van der Waals surface area contributed by atoms with Gasteiger partial charge in [-0.15, -0.1) is 0 Å². The first-order chi connectivity index (χ1) is 14.4. The van der Waals surface area contributed by atoms with E-state index in [1.54, 1.807) is 32.9 Å². The number of hydrogen-bond donors (Lipinski definition) is 2. The minimum atomic E-state index is -3.36. The molecule has 1 atom stereocenters. The summed E-state index contributed by atoms with van der Waals surface area (Å²) in [4.78, 5) is 12.4. The molecule has 0 fully saturated rings. The monoisotopic (exact) mass is 446 g/mol. The number of amides is 1. The average Bonchev–Trinajstić information content (AvgIpc) is 2.65. The molecule has 1 unspecified atom stereocenters. The molecule has 2 aromatic rings. The molecule has 170 valence electrons. The molecule has 0 radical (unpaired) electrons. The summed E-state index contributed by atoms with van der Waals surface area (Å²) < 4.78 is 32.4. The number of hydrogen-bond acceptors (Lipinski definition) is 4. The van der Waals surface area contributed by atoms with Crippen molar-refractivity contribution >= 4 is 15.9 Å². The molecule has 0 aliphatic carbocycles. The third-order valence-electron chi connectivity index (χ3n) is 4.64. The smallest absolute Gasteiger partial charge is 0.261 e. The van der Waals surface area contributed by atoms with Crippen LogP contribution in [-0.2, 0) is 32.5 Å². The highest BCUT2D eigenvalue weighted by Crippen LogP contribution is 2.26. The molecule has 0 spiro atoms. The SMILES string of the molecule is CC(C)NS(=O)(=O)Cc1ccc(CNC(=O)C(C)Oc2cccc(C(C)(C)C)c2)cc1. The zero-order valence-corrected chi connectivity index (χ0v) is 20.0. The van der Waals surface area contributed by atoms with Gasteiger partial charge in [-0.3, -0.25) is 4.79 Å². The van der Waals surface area contributed by atoms with E-state index >= 15 is 0 Å². The lowest BCUT2D eigenvalue weighted by Crippen LogP contribution is -2.36. The van der Waals surface area contributed by atoms with E-state index in [-0.39, 0.29) is 23.1 Å². The maximum Gasteiger partial charge on any atom is 0.261 e. The van der Waals surface area contributed by atoms with E-state index in [4.69, 9.17) is 4.74 Å². The summed E-state index contributed by atoms with van der Waals surface area (Å²) in [5.41, 5.74) is 2.72. The first-order valence-corrected chi connectivity index (χ1v) is 12.1. The van der Waals surface area contributed by atoms with Crippen LogP contribution >= 0.6 is 0 Å². The topological polar surface area (TPSA) is 84.5 Å². The van der Waals surface area contributed by atoms with E-state index in [1.165, 1.54) is 0 Å². The Morgan fingerprint density at radius 3 is 2.19 bits per heavy atom. The van der Waals surface area contributed by atoms with Gasteiger partial charge in [-0.25, -0.2) is 13.1 Å². The summed E-state index contributed by atoms with van der Waals surface area (Å²) in [5.74, 6) is 0.376. The van der Waals surface area contributed by atoms with Gasteiger partial charge in [-0.2, -0.15) is 0 Å². The summed E-state index contributed by atoms with van der Waals surface area (Å²) >= 11 is 0. The highest BCUT2D eigenvalue weighted by molar-refractivity contribution is 7.88. The molecule has 2 rings (SSSR count). The molecule has 0 heterocycles. The fourth-order valence-corrected chi connectivity index (χ4v) is 4.43. The van der Waals surface area contributed by atoms with Crippen LogP contribution in [0.3, 0.4) is 0 Å². The molecule has 7 heteroatoms. The van der Waals surface area contributed by atoms with Crippen LogP contribution in [0.5, 0.6) is 5.75 Å². The van der Waals surface area contributed by atoms with Crippen molar-refractivity contribution in [3.05, 3.63) is 65.2 Å². The van der Waals surface area contributed by atoms with Gasteiger partial charge in [0.05, 0.1) is 5.75 Å². The molecule has 0 bridgehead atoms. The quantitative estimate of drug-likeness (QED) is 0.612. The maximum absolute atomic E-state index is 12.4. The molecule has 0 saturated heterocycles. The van der Waals surface area contributed by atoms with Crippen molar-refractivity contribution in [2.45, 2.75) is 71.4 Å². The van der Waals surface area contributed by atoms with Gasteiger partial charge in [-0.1, -0.05) is 57.2 Å².